The van der Waals surface area contributed by atoms with Crippen LogP contribution in [0.1, 0.15) is 59.8 Å². The van der Waals surface area contributed by atoms with Crippen LogP contribution in [0.5, 0.6) is 0 Å². The van der Waals surface area contributed by atoms with Gasteiger partial charge in [-0.05, 0) is 44.6 Å². The summed E-state index contributed by atoms with van der Waals surface area (Å²) in [5.41, 5.74) is 0.513. The first-order chi connectivity index (χ1) is 8.47. The second-order valence-corrected chi connectivity index (χ2v) is 7.27. The summed E-state index contributed by atoms with van der Waals surface area (Å²) in [6.07, 6.45) is 7.00. The summed E-state index contributed by atoms with van der Waals surface area (Å²) in [6.45, 7) is 11.1. The lowest BCUT2D eigenvalue weighted by Crippen LogP contribution is -2.59. The van der Waals surface area contributed by atoms with Crippen molar-refractivity contribution >= 4 is 0 Å². The fourth-order valence-corrected chi connectivity index (χ4v) is 4.33. The molecule has 0 aromatic heterocycles. The second-order valence-electron chi connectivity index (χ2n) is 7.27. The summed E-state index contributed by atoms with van der Waals surface area (Å²) in [5.74, 6) is 0.765. The van der Waals surface area contributed by atoms with Crippen molar-refractivity contribution in [2.24, 2.45) is 11.3 Å². The highest BCUT2D eigenvalue weighted by Gasteiger charge is 2.42. The molecule has 106 valence electrons. The van der Waals surface area contributed by atoms with Crippen LogP contribution in [0.2, 0.25) is 0 Å². The van der Waals surface area contributed by atoms with Gasteiger partial charge in [-0.15, -0.1) is 0 Å². The van der Waals surface area contributed by atoms with Crippen LogP contribution < -0.4 is 5.32 Å². The third-order valence-corrected chi connectivity index (χ3v) is 5.84. The number of hydrogen-bond acceptors (Lipinski definition) is 2. The van der Waals surface area contributed by atoms with Crippen LogP contribution in [0.4, 0.5) is 0 Å². The molecule has 1 aliphatic carbocycles. The second kappa shape index (κ2) is 5.50. The molecule has 1 heterocycles. The van der Waals surface area contributed by atoms with Gasteiger partial charge in [-0.2, -0.15) is 0 Å². The molecule has 0 aromatic rings. The minimum atomic E-state index is 0.513. The molecule has 4 atom stereocenters. The molecule has 0 aromatic carbocycles. The maximum absolute atomic E-state index is 3.50. The summed E-state index contributed by atoms with van der Waals surface area (Å²) < 4.78 is 0. The number of nitrogens with one attached hydrogen (secondary N) is 1. The lowest BCUT2D eigenvalue weighted by Gasteiger charge is -2.52. The molecule has 2 aliphatic rings. The molecule has 0 radical (unpaired) electrons. The van der Waals surface area contributed by atoms with Gasteiger partial charge >= 0.3 is 0 Å². The van der Waals surface area contributed by atoms with Gasteiger partial charge in [-0.1, -0.05) is 33.6 Å². The first-order valence-electron chi connectivity index (χ1n) is 7.90. The van der Waals surface area contributed by atoms with Gasteiger partial charge in [0.1, 0.15) is 0 Å². The fourth-order valence-electron chi connectivity index (χ4n) is 4.33. The van der Waals surface area contributed by atoms with Gasteiger partial charge in [0.15, 0.2) is 0 Å². The van der Waals surface area contributed by atoms with Gasteiger partial charge in [-0.3, -0.25) is 4.90 Å². The van der Waals surface area contributed by atoms with Gasteiger partial charge in [0, 0.05) is 24.7 Å². The predicted molar refractivity (Wildman–Crippen MR) is 78.8 cm³/mol. The Labute approximate surface area is 114 Å². The molecular formula is C16H32N2. The zero-order valence-electron chi connectivity index (χ0n) is 13.0. The first kappa shape index (κ1) is 14.3. The Bertz CT molecular complexity index is 274. The molecule has 1 aliphatic heterocycles. The standard InChI is InChI=1S/C16H32N2/c1-12-13(2)18(11-9-14(12)17-5)15-8-6-7-10-16(15,3)4/h12-15,17H,6-11H2,1-5H3. The number of piperidine rings is 1. The van der Waals surface area contributed by atoms with Crippen LogP contribution in [0.3, 0.4) is 0 Å². The average molecular weight is 252 g/mol. The SMILES string of the molecule is CNC1CCN(C2CCCCC2(C)C)C(C)C1C. The zero-order chi connectivity index (χ0) is 13.3. The molecule has 0 spiro atoms. The van der Waals surface area contributed by atoms with Crippen LogP contribution in [-0.4, -0.2) is 36.6 Å². The summed E-state index contributed by atoms with van der Waals surface area (Å²) >= 11 is 0. The molecule has 0 bridgehead atoms. The molecule has 2 fully saturated rings. The van der Waals surface area contributed by atoms with E-state index in [9.17, 15) is 0 Å². The smallest absolute Gasteiger partial charge is 0.0149 e. The lowest BCUT2D eigenvalue weighted by atomic mass is 9.71. The number of nitrogens with zero attached hydrogens (tertiary/aromatic N) is 1. The number of rotatable bonds is 2. The van der Waals surface area contributed by atoms with Crippen molar-refractivity contribution in [3.8, 4) is 0 Å². The van der Waals surface area contributed by atoms with Crippen LogP contribution in [0, 0.1) is 11.3 Å². The number of hydrogen-bond donors (Lipinski definition) is 1. The Kier molecular flexibility index (Phi) is 4.38. The maximum Gasteiger partial charge on any atom is 0.0149 e. The van der Waals surface area contributed by atoms with Gasteiger partial charge in [-0.25, -0.2) is 0 Å². The van der Waals surface area contributed by atoms with E-state index in [1.807, 2.05) is 0 Å². The highest BCUT2D eigenvalue weighted by atomic mass is 15.2. The van der Waals surface area contributed by atoms with E-state index >= 15 is 0 Å². The van der Waals surface area contributed by atoms with E-state index in [1.54, 1.807) is 0 Å². The van der Waals surface area contributed by atoms with E-state index in [0.717, 1.165) is 18.0 Å². The quantitative estimate of drug-likeness (QED) is 0.811. The minimum absolute atomic E-state index is 0.513. The van der Waals surface area contributed by atoms with Crippen molar-refractivity contribution < 1.29 is 0 Å². The van der Waals surface area contributed by atoms with E-state index in [0.29, 0.717) is 11.5 Å². The van der Waals surface area contributed by atoms with Crippen molar-refractivity contribution in [3.05, 3.63) is 0 Å². The van der Waals surface area contributed by atoms with Crippen LogP contribution in [0.25, 0.3) is 0 Å². The van der Waals surface area contributed by atoms with Gasteiger partial charge in [0.25, 0.3) is 0 Å². The summed E-state index contributed by atoms with van der Waals surface area (Å²) in [6, 6.07) is 2.24. The normalized spacial score (nSPS) is 41.8. The Morgan fingerprint density at radius 3 is 2.44 bits per heavy atom. The molecule has 0 amide bonds. The summed E-state index contributed by atoms with van der Waals surface area (Å²) in [7, 11) is 2.12. The van der Waals surface area contributed by atoms with Crippen molar-refractivity contribution in [1.82, 2.24) is 10.2 Å². The molecule has 2 rings (SSSR count). The molecule has 2 heteroatoms. The highest BCUT2D eigenvalue weighted by Crippen LogP contribution is 2.41. The lowest BCUT2D eigenvalue weighted by molar-refractivity contribution is -0.0218. The average Bonchev–Trinajstić information content (AvgIpc) is 2.33. The van der Waals surface area contributed by atoms with E-state index in [-0.39, 0.29) is 0 Å². The van der Waals surface area contributed by atoms with Gasteiger partial charge in [0.2, 0.25) is 0 Å². The van der Waals surface area contributed by atoms with Gasteiger partial charge in [0.05, 0.1) is 0 Å². The molecule has 4 unspecified atom stereocenters. The third kappa shape index (κ3) is 2.60. The van der Waals surface area contributed by atoms with E-state index < -0.39 is 0 Å². The predicted octanol–water partition coefficient (Wildman–Crippen LogP) is 3.27. The molecule has 2 nitrogen and oxygen atoms in total. The third-order valence-electron chi connectivity index (χ3n) is 5.84. The topological polar surface area (TPSA) is 15.3 Å². The molecule has 1 saturated heterocycles. The first-order valence-corrected chi connectivity index (χ1v) is 7.90. The molecular weight excluding hydrogens is 220 g/mol. The highest BCUT2D eigenvalue weighted by molar-refractivity contribution is 4.96. The fraction of sp³-hybridized carbons (Fsp3) is 1.00. The molecule has 18 heavy (non-hydrogen) atoms. The van der Waals surface area contributed by atoms with Crippen LogP contribution in [0.15, 0.2) is 0 Å². The van der Waals surface area contributed by atoms with Crippen molar-refractivity contribution in [2.45, 2.75) is 77.9 Å². The van der Waals surface area contributed by atoms with Crippen LogP contribution >= 0.6 is 0 Å². The largest absolute Gasteiger partial charge is 0.317 e. The Balaban J connectivity index is 2.09. The van der Waals surface area contributed by atoms with Crippen molar-refractivity contribution in [3.63, 3.8) is 0 Å². The monoisotopic (exact) mass is 252 g/mol. The maximum atomic E-state index is 3.50. The van der Waals surface area contributed by atoms with Gasteiger partial charge < -0.3 is 5.32 Å². The Morgan fingerprint density at radius 2 is 1.83 bits per heavy atom. The van der Waals surface area contributed by atoms with Crippen molar-refractivity contribution in [1.29, 1.82) is 0 Å². The zero-order valence-corrected chi connectivity index (χ0v) is 13.0. The van der Waals surface area contributed by atoms with E-state index in [1.165, 1.54) is 38.6 Å². The van der Waals surface area contributed by atoms with E-state index in [4.69, 9.17) is 0 Å². The molecule has 1 saturated carbocycles. The van der Waals surface area contributed by atoms with Crippen molar-refractivity contribution in [2.75, 3.05) is 13.6 Å². The Morgan fingerprint density at radius 1 is 1.11 bits per heavy atom. The summed E-state index contributed by atoms with van der Waals surface area (Å²) in [5, 5.41) is 3.50. The Hall–Kier alpha value is -0.0800. The minimum Gasteiger partial charge on any atom is -0.317 e. The number of likely N-dealkylation sites (tertiary alicyclic amines) is 1. The summed E-state index contributed by atoms with van der Waals surface area (Å²) in [4.78, 5) is 2.83. The van der Waals surface area contributed by atoms with E-state index in [2.05, 4.69) is 45.0 Å². The van der Waals surface area contributed by atoms with Crippen LogP contribution in [-0.2, 0) is 0 Å². The molecule has 1 N–H and O–H groups in total.